The molecule has 1 heterocycles. The molecule has 5 N–H and O–H groups in total. The molecule has 1 saturated heterocycles. The van der Waals surface area contributed by atoms with Crippen LogP contribution in [0.5, 0.6) is 0 Å². The second-order valence-electron chi connectivity index (χ2n) is 15.2. The van der Waals surface area contributed by atoms with Crippen molar-refractivity contribution in [1.29, 1.82) is 0 Å². The molecule has 0 amide bonds. The normalized spacial score (nSPS) is 50.2. The molecule has 252 valence electrons. The lowest BCUT2D eigenvalue weighted by Gasteiger charge is -2.69. The zero-order chi connectivity index (χ0) is 32.6. The predicted molar refractivity (Wildman–Crippen MR) is 163 cm³/mol. The van der Waals surface area contributed by atoms with E-state index in [4.69, 9.17) is 18.9 Å². The van der Waals surface area contributed by atoms with E-state index in [2.05, 4.69) is 6.92 Å². The third-order valence-electron chi connectivity index (χ3n) is 13.4. The van der Waals surface area contributed by atoms with Gasteiger partial charge in [0.2, 0.25) is 0 Å². The third kappa shape index (κ3) is 4.77. The van der Waals surface area contributed by atoms with E-state index in [1.807, 2.05) is 13.0 Å². The van der Waals surface area contributed by atoms with Crippen molar-refractivity contribution in [3.63, 3.8) is 0 Å². The Kier molecular flexibility index (Phi) is 8.51. The van der Waals surface area contributed by atoms with E-state index in [-0.39, 0.29) is 37.4 Å². The minimum Gasteiger partial charge on any atom is -0.458 e. The maximum Gasteiger partial charge on any atom is 0.338 e. The van der Waals surface area contributed by atoms with E-state index < -0.39 is 70.2 Å². The molecule has 1 aliphatic heterocycles. The molecular formula is C35H52O10. The maximum atomic E-state index is 13.5. The molecule has 0 bridgehead atoms. The quantitative estimate of drug-likeness (QED) is 0.233. The van der Waals surface area contributed by atoms with Gasteiger partial charge in [-0.05, 0) is 94.6 Å². The zero-order valence-corrected chi connectivity index (χ0v) is 27.2. The van der Waals surface area contributed by atoms with Crippen LogP contribution in [0, 0.1) is 22.7 Å². The van der Waals surface area contributed by atoms with Gasteiger partial charge in [0.1, 0.15) is 23.4 Å². The number of carbonyl (C=O) groups excluding carboxylic acids is 1. The maximum absolute atomic E-state index is 13.5. The van der Waals surface area contributed by atoms with Crippen LogP contribution in [0.15, 0.2) is 30.3 Å². The molecule has 45 heavy (non-hydrogen) atoms. The molecule has 4 saturated carbocycles. The van der Waals surface area contributed by atoms with Crippen LogP contribution in [-0.4, -0.2) is 98.3 Å². The van der Waals surface area contributed by atoms with Gasteiger partial charge in [-0.2, -0.15) is 0 Å². The van der Waals surface area contributed by atoms with Crippen molar-refractivity contribution in [1.82, 2.24) is 0 Å². The second-order valence-corrected chi connectivity index (χ2v) is 15.2. The molecule has 0 unspecified atom stereocenters. The van der Waals surface area contributed by atoms with Crippen LogP contribution in [0.1, 0.15) is 95.8 Å². The monoisotopic (exact) mass is 632 g/mol. The van der Waals surface area contributed by atoms with Gasteiger partial charge in [0, 0.05) is 13.5 Å². The van der Waals surface area contributed by atoms with E-state index in [0.717, 1.165) is 19.3 Å². The highest BCUT2D eigenvalue weighted by atomic mass is 16.7. The van der Waals surface area contributed by atoms with Crippen LogP contribution in [-0.2, 0) is 18.9 Å². The van der Waals surface area contributed by atoms with Crippen molar-refractivity contribution in [2.45, 2.75) is 145 Å². The van der Waals surface area contributed by atoms with Crippen LogP contribution in [0.3, 0.4) is 0 Å². The Labute approximate surface area is 266 Å². The summed E-state index contributed by atoms with van der Waals surface area (Å²) in [5, 5.41) is 58.8. The third-order valence-corrected chi connectivity index (χ3v) is 13.4. The van der Waals surface area contributed by atoms with Crippen LogP contribution in [0.25, 0.3) is 0 Å². The fourth-order valence-corrected chi connectivity index (χ4v) is 10.5. The summed E-state index contributed by atoms with van der Waals surface area (Å²) in [6.45, 7) is 7.17. The SMILES string of the molecule is CO[C@H]1C[C@H](O[C@H]2CC[C@@]3(C)[C@@H](CC[C@]4(O)[C@@H]3C[C@@H](OC(=O)c3ccccc3)[C@@]3(C)[C@]4(O)CC[C@@]3(O)[C@H](C)O)C2)O[C@H](C)[C@H]1O. The Balaban J connectivity index is 1.29. The standard InChI is InChI=1S/C35H52O10/c1-20-29(37)25(42-5)18-28(43-20)44-24-12-13-31(3)23(17-24)11-14-34(40)26(31)19-27(45-30(38)22-9-7-6-8-10-22)32(4)33(39,21(2)36)15-16-35(32,34)41/h6-10,20-21,23-29,36-37,39-41H,11-19H2,1-5H3/t20-,21+,23+,24+,25+,26-,27-,28+,29-,31+,32-,33-,34+,35-/m1/s1. The molecule has 10 heteroatoms. The molecule has 1 aromatic rings. The Hall–Kier alpha value is -1.63. The van der Waals surface area contributed by atoms with Crippen LogP contribution < -0.4 is 0 Å². The van der Waals surface area contributed by atoms with Crippen molar-refractivity contribution < 1.29 is 49.3 Å². The molecule has 4 aliphatic carbocycles. The number of fused-ring (bicyclic) bond motifs is 5. The zero-order valence-electron chi connectivity index (χ0n) is 27.2. The van der Waals surface area contributed by atoms with E-state index in [0.29, 0.717) is 24.8 Å². The summed E-state index contributed by atoms with van der Waals surface area (Å²) in [6, 6.07) is 8.64. The molecule has 0 spiro atoms. The predicted octanol–water partition coefficient (Wildman–Crippen LogP) is 3.10. The minimum absolute atomic E-state index is 0.0686. The molecule has 0 aromatic heterocycles. The van der Waals surface area contributed by atoms with Gasteiger partial charge in [0.25, 0.3) is 0 Å². The summed E-state index contributed by atoms with van der Waals surface area (Å²) in [5.41, 5.74) is -6.71. The van der Waals surface area contributed by atoms with Gasteiger partial charge < -0.3 is 44.5 Å². The molecule has 5 aliphatic rings. The molecule has 5 fully saturated rings. The van der Waals surface area contributed by atoms with Crippen LogP contribution in [0.4, 0.5) is 0 Å². The van der Waals surface area contributed by atoms with Crippen molar-refractivity contribution >= 4 is 5.97 Å². The number of benzene rings is 1. The summed E-state index contributed by atoms with van der Waals surface area (Å²) >= 11 is 0. The van der Waals surface area contributed by atoms with E-state index >= 15 is 0 Å². The van der Waals surface area contributed by atoms with E-state index in [1.165, 1.54) is 6.92 Å². The molecule has 6 rings (SSSR count). The number of hydrogen-bond acceptors (Lipinski definition) is 10. The summed E-state index contributed by atoms with van der Waals surface area (Å²) in [7, 11) is 1.58. The highest BCUT2D eigenvalue weighted by Crippen LogP contribution is 2.72. The van der Waals surface area contributed by atoms with Crippen LogP contribution >= 0.6 is 0 Å². The van der Waals surface area contributed by atoms with Gasteiger partial charge in [0.15, 0.2) is 6.29 Å². The molecule has 10 nitrogen and oxygen atoms in total. The van der Waals surface area contributed by atoms with Crippen LogP contribution in [0.2, 0.25) is 0 Å². The first kappa shape index (κ1) is 33.3. The van der Waals surface area contributed by atoms with Crippen molar-refractivity contribution in [3.8, 4) is 0 Å². The molecule has 0 radical (unpaired) electrons. The number of ether oxygens (including phenoxy) is 4. The van der Waals surface area contributed by atoms with Crippen molar-refractivity contribution in [3.05, 3.63) is 35.9 Å². The Morgan fingerprint density at radius 1 is 1.00 bits per heavy atom. The van der Waals surface area contributed by atoms with Crippen molar-refractivity contribution in [2.75, 3.05) is 7.11 Å². The number of esters is 1. The van der Waals surface area contributed by atoms with Crippen molar-refractivity contribution in [2.24, 2.45) is 22.7 Å². The van der Waals surface area contributed by atoms with E-state index in [1.54, 1.807) is 38.3 Å². The lowest BCUT2D eigenvalue weighted by molar-refractivity contribution is -0.342. The van der Waals surface area contributed by atoms with Gasteiger partial charge in [-0.1, -0.05) is 32.0 Å². The first-order chi connectivity index (χ1) is 21.1. The number of hydrogen-bond donors (Lipinski definition) is 5. The van der Waals surface area contributed by atoms with E-state index in [9.17, 15) is 30.3 Å². The minimum atomic E-state index is -1.81. The first-order valence-corrected chi connectivity index (χ1v) is 16.8. The van der Waals surface area contributed by atoms with Gasteiger partial charge in [0.05, 0.1) is 41.0 Å². The number of carbonyl (C=O) groups is 1. The highest BCUT2D eigenvalue weighted by molar-refractivity contribution is 5.89. The highest BCUT2D eigenvalue weighted by Gasteiger charge is 2.81. The molecular weight excluding hydrogens is 580 g/mol. The number of rotatable bonds is 6. The molecule has 14 atom stereocenters. The number of methoxy groups -OCH3 is 1. The summed E-state index contributed by atoms with van der Waals surface area (Å²) < 4.78 is 24.2. The van der Waals surface area contributed by atoms with Gasteiger partial charge in [-0.15, -0.1) is 0 Å². The van der Waals surface area contributed by atoms with Gasteiger partial charge >= 0.3 is 5.97 Å². The topological polar surface area (TPSA) is 155 Å². The summed E-state index contributed by atoms with van der Waals surface area (Å²) in [4.78, 5) is 13.5. The molecule has 1 aromatic carbocycles. The number of aliphatic hydroxyl groups is 5. The Morgan fingerprint density at radius 2 is 1.71 bits per heavy atom. The lowest BCUT2D eigenvalue weighted by Crippen LogP contribution is -2.79. The lowest BCUT2D eigenvalue weighted by atomic mass is 9.40. The Bertz CT molecular complexity index is 1240. The van der Waals surface area contributed by atoms with Gasteiger partial charge in [-0.3, -0.25) is 0 Å². The fraction of sp³-hybridized carbons (Fsp3) is 0.800. The second kappa shape index (κ2) is 11.5. The average Bonchev–Trinajstić information content (AvgIpc) is 3.25. The summed E-state index contributed by atoms with van der Waals surface area (Å²) in [6.07, 6.45) is -0.231. The number of aliphatic hydroxyl groups excluding tert-OH is 2. The largest absolute Gasteiger partial charge is 0.458 e. The fourth-order valence-electron chi connectivity index (χ4n) is 10.5. The summed E-state index contributed by atoms with van der Waals surface area (Å²) in [5.74, 6) is -0.821. The Morgan fingerprint density at radius 3 is 2.38 bits per heavy atom. The smallest absolute Gasteiger partial charge is 0.338 e. The first-order valence-electron chi connectivity index (χ1n) is 16.8. The average molecular weight is 633 g/mol. The van der Waals surface area contributed by atoms with Gasteiger partial charge in [-0.25, -0.2) is 4.79 Å².